The maximum Gasteiger partial charge on any atom is 0.416 e. The summed E-state index contributed by atoms with van der Waals surface area (Å²) in [6.07, 6.45) is -9.38. The van der Waals surface area contributed by atoms with E-state index in [1.807, 2.05) is 0 Å². The highest BCUT2D eigenvalue weighted by atomic mass is 35.5. The van der Waals surface area contributed by atoms with Gasteiger partial charge in [-0.15, -0.1) is 0 Å². The van der Waals surface area contributed by atoms with Crippen LogP contribution in [0.3, 0.4) is 0 Å². The summed E-state index contributed by atoms with van der Waals surface area (Å²) in [5.74, 6) is -4.42. The van der Waals surface area contributed by atoms with Crippen LogP contribution in [0.2, 0.25) is 5.02 Å². The highest BCUT2D eigenvalue weighted by Crippen LogP contribution is 2.54. The molecule has 0 spiro atoms. The molecule has 1 saturated heterocycles. The molecule has 1 fully saturated rings. The van der Waals surface area contributed by atoms with Crippen LogP contribution >= 0.6 is 34.7 Å². The van der Waals surface area contributed by atoms with Crippen molar-refractivity contribution >= 4 is 63.8 Å². The number of rotatable bonds is 5. The Kier molecular flexibility index (Phi) is 8.05. The Morgan fingerprint density at radius 2 is 1.48 bits per heavy atom. The van der Waals surface area contributed by atoms with E-state index in [0.29, 0.717) is 26.4 Å². The van der Waals surface area contributed by atoms with E-state index in [1.54, 1.807) is 24.3 Å². The van der Waals surface area contributed by atoms with Crippen LogP contribution in [0.25, 0.3) is 0 Å². The van der Waals surface area contributed by atoms with Crippen LogP contribution in [0.1, 0.15) is 27.5 Å². The zero-order valence-corrected chi connectivity index (χ0v) is 25.2. The van der Waals surface area contributed by atoms with Gasteiger partial charge >= 0.3 is 17.2 Å². The van der Waals surface area contributed by atoms with Crippen molar-refractivity contribution in [3.63, 3.8) is 0 Å². The van der Waals surface area contributed by atoms with Crippen molar-refractivity contribution < 1.29 is 40.7 Å². The quantitative estimate of drug-likeness (QED) is 0.179. The number of carbonyl (C=O) groups excluding carboxylic acids is 3. The first-order chi connectivity index (χ1) is 21.6. The molecule has 1 aromatic heterocycles. The normalized spacial score (nSPS) is 19.6. The number of hydrogen-bond acceptors (Lipinski definition) is 6. The van der Waals surface area contributed by atoms with Gasteiger partial charge in [-0.25, -0.2) is 4.90 Å². The molecule has 16 heteroatoms. The number of halogens is 7. The minimum Gasteiger partial charge on any atom is -0.325 e. The summed E-state index contributed by atoms with van der Waals surface area (Å²) in [4.78, 5) is 54.3. The first-order valence-corrected chi connectivity index (χ1v) is 15.4. The van der Waals surface area contributed by atoms with Gasteiger partial charge in [-0.05, 0) is 54.1 Å². The summed E-state index contributed by atoms with van der Waals surface area (Å²) in [5, 5.41) is 1.71. The van der Waals surface area contributed by atoms with Crippen molar-refractivity contribution in [1.82, 2.24) is 4.57 Å². The van der Waals surface area contributed by atoms with E-state index in [-0.39, 0.29) is 16.4 Å². The van der Waals surface area contributed by atoms with Gasteiger partial charge in [0, 0.05) is 21.5 Å². The summed E-state index contributed by atoms with van der Waals surface area (Å²) in [6.45, 7) is -0.627. The predicted octanol–water partition coefficient (Wildman–Crippen LogP) is 7.04. The molecule has 6 rings (SSSR count). The van der Waals surface area contributed by atoms with Crippen LogP contribution in [0, 0.1) is 5.92 Å². The van der Waals surface area contributed by atoms with E-state index in [0.717, 1.165) is 58.0 Å². The molecule has 46 heavy (non-hydrogen) atoms. The monoisotopic (exact) mass is 697 g/mol. The van der Waals surface area contributed by atoms with Crippen LogP contribution in [0.4, 0.5) is 37.7 Å². The van der Waals surface area contributed by atoms with E-state index in [1.165, 1.54) is 12.1 Å². The van der Waals surface area contributed by atoms with Gasteiger partial charge in [0.2, 0.25) is 17.7 Å². The van der Waals surface area contributed by atoms with Crippen LogP contribution < -0.4 is 15.1 Å². The Morgan fingerprint density at radius 1 is 0.848 bits per heavy atom. The molecule has 3 unspecified atom stereocenters. The summed E-state index contributed by atoms with van der Waals surface area (Å²) in [6, 6.07) is 14.0. The number of alkyl halides is 6. The second-order valence-corrected chi connectivity index (χ2v) is 13.0. The van der Waals surface area contributed by atoms with Crippen LogP contribution in [-0.2, 0) is 33.3 Å². The van der Waals surface area contributed by atoms with Gasteiger partial charge in [-0.1, -0.05) is 59.0 Å². The molecular weight excluding hydrogens is 680 g/mol. The van der Waals surface area contributed by atoms with Crippen molar-refractivity contribution in [1.29, 1.82) is 0 Å². The van der Waals surface area contributed by atoms with Crippen molar-refractivity contribution in [2.45, 2.75) is 35.1 Å². The second-order valence-electron chi connectivity index (χ2n) is 10.4. The average molecular weight is 698 g/mol. The molecule has 4 aromatic rings. The lowest BCUT2D eigenvalue weighted by Crippen LogP contribution is -2.33. The molecule has 0 aliphatic carbocycles. The number of benzene rings is 3. The van der Waals surface area contributed by atoms with Crippen LogP contribution in [0.15, 0.2) is 82.6 Å². The Morgan fingerprint density at radius 3 is 2.13 bits per heavy atom. The number of anilines is 2. The molecule has 2 aliphatic heterocycles. The van der Waals surface area contributed by atoms with E-state index in [9.17, 15) is 45.5 Å². The number of thioether (sulfide) groups is 1. The maximum absolute atomic E-state index is 13.9. The summed E-state index contributed by atoms with van der Waals surface area (Å²) >= 11 is 7.64. The fraction of sp³-hybridized carbons (Fsp3) is 0.200. The molecule has 3 amide bonds. The Labute approximate surface area is 268 Å². The molecule has 0 bridgehead atoms. The lowest BCUT2D eigenvalue weighted by molar-refractivity contribution is -0.138. The number of amides is 3. The molecule has 0 radical (unpaired) electrons. The zero-order chi connectivity index (χ0) is 33.1. The predicted molar refractivity (Wildman–Crippen MR) is 159 cm³/mol. The number of carbonyl (C=O) groups is 3. The minimum atomic E-state index is -4.73. The maximum atomic E-state index is 13.9. The highest BCUT2D eigenvalue weighted by molar-refractivity contribution is 8.00. The summed E-state index contributed by atoms with van der Waals surface area (Å²) in [5.41, 5.74) is -1.97. The number of nitrogens with one attached hydrogen (secondary N) is 1. The Balaban J connectivity index is 1.38. The third-order valence-corrected chi connectivity index (χ3v) is 10.3. The third kappa shape index (κ3) is 5.82. The first kappa shape index (κ1) is 31.9. The number of hydrogen-bond donors (Lipinski definition) is 1. The minimum absolute atomic E-state index is 0.156. The van der Waals surface area contributed by atoms with Gasteiger partial charge in [0.1, 0.15) is 11.8 Å². The summed E-state index contributed by atoms with van der Waals surface area (Å²) in [7, 11) is 0. The van der Waals surface area contributed by atoms with Crippen molar-refractivity contribution in [2.24, 2.45) is 5.92 Å². The standard InChI is InChI=1S/C30H18ClF6N3O4S2/c31-17-9-7-14(8-10-17)21-22-23(26(43)40(25(22)42)19-6-2-4-16(12-19)30(35,36)37)45-27-24(21)46-28(44)39(27)13-20(41)38-18-5-1-3-15(11-18)29(32,33)34/h1-12,21-23H,13H2,(H,38,41). The molecule has 3 heterocycles. The zero-order valence-electron chi connectivity index (χ0n) is 22.9. The van der Waals surface area contributed by atoms with Gasteiger partial charge in [0.05, 0.1) is 27.8 Å². The third-order valence-electron chi connectivity index (χ3n) is 7.49. The second kappa shape index (κ2) is 11.6. The van der Waals surface area contributed by atoms with Gasteiger partial charge < -0.3 is 5.32 Å². The average Bonchev–Trinajstić information content (AvgIpc) is 3.43. The molecule has 1 N–H and O–H groups in total. The smallest absolute Gasteiger partial charge is 0.325 e. The molecule has 2 aliphatic rings. The van der Waals surface area contributed by atoms with E-state index < -0.39 is 69.7 Å². The highest BCUT2D eigenvalue weighted by Gasteiger charge is 2.57. The molecular formula is C30H18ClF6N3O4S2. The fourth-order valence-corrected chi connectivity index (χ4v) is 8.38. The molecule has 238 valence electrons. The largest absolute Gasteiger partial charge is 0.416 e. The number of thiazole rings is 1. The van der Waals surface area contributed by atoms with Crippen LogP contribution in [0.5, 0.6) is 0 Å². The fourth-order valence-electron chi connectivity index (χ4n) is 5.48. The van der Waals surface area contributed by atoms with Crippen molar-refractivity contribution in [2.75, 3.05) is 10.2 Å². The summed E-state index contributed by atoms with van der Waals surface area (Å²) < 4.78 is 81.0. The van der Waals surface area contributed by atoms with Crippen molar-refractivity contribution in [3.05, 3.63) is 109 Å². The van der Waals surface area contributed by atoms with Gasteiger partial charge in [-0.3, -0.25) is 23.7 Å². The number of nitrogens with zero attached hydrogens (tertiary/aromatic N) is 2. The molecule has 3 aromatic carbocycles. The number of imide groups is 1. The topological polar surface area (TPSA) is 88.5 Å². The van der Waals surface area contributed by atoms with Gasteiger partial charge in [0.15, 0.2) is 0 Å². The number of aromatic nitrogens is 1. The van der Waals surface area contributed by atoms with Gasteiger partial charge in [-0.2, -0.15) is 26.3 Å². The number of fused-ring (bicyclic) bond motifs is 2. The Bertz CT molecular complexity index is 1940. The Hall–Kier alpha value is -4.08. The molecule has 3 atom stereocenters. The van der Waals surface area contributed by atoms with Crippen molar-refractivity contribution in [3.8, 4) is 0 Å². The molecule has 0 saturated carbocycles. The van der Waals surface area contributed by atoms with E-state index in [2.05, 4.69) is 5.32 Å². The lowest BCUT2D eigenvalue weighted by atomic mass is 9.83. The first-order valence-electron chi connectivity index (χ1n) is 13.3. The van der Waals surface area contributed by atoms with E-state index >= 15 is 0 Å². The SMILES string of the molecule is O=C(Cn1c2c(sc1=O)C(c1ccc(Cl)cc1)C1C(=O)N(c3cccc(C(F)(F)F)c3)C(=O)C1S2)Nc1cccc(C(F)(F)F)c1. The van der Waals surface area contributed by atoms with Gasteiger partial charge in [0.25, 0.3) is 0 Å². The molecule has 7 nitrogen and oxygen atoms in total. The van der Waals surface area contributed by atoms with Crippen LogP contribution in [-0.4, -0.2) is 27.5 Å². The van der Waals surface area contributed by atoms with E-state index in [4.69, 9.17) is 11.6 Å². The lowest BCUT2D eigenvalue weighted by Gasteiger charge is -2.30.